The SMILES string of the molecule is C[C@H](OC(=O)c1ccccc1C(=O)c1cccs1)C(=O)Nc1ccccc1Cl. The molecule has 5 nitrogen and oxygen atoms in total. The van der Waals surface area contributed by atoms with Crippen LogP contribution in [0.1, 0.15) is 32.5 Å². The fraction of sp³-hybridized carbons (Fsp3) is 0.0952. The Kier molecular flexibility index (Phi) is 6.23. The van der Waals surface area contributed by atoms with E-state index in [2.05, 4.69) is 5.32 Å². The molecule has 0 aliphatic heterocycles. The largest absolute Gasteiger partial charge is 0.449 e. The lowest BCUT2D eigenvalue weighted by atomic mass is 10.0. The standard InChI is InChI=1S/C21H16ClNO4S/c1-13(20(25)23-17-10-5-4-9-16(17)22)27-21(26)15-8-3-2-7-14(15)19(24)18-11-6-12-28-18/h2-13H,1H3,(H,23,25)/t13-/m0/s1. The maximum atomic E-state index is 12.6. The smallest absolute Gasteiger partial charge is 0.339 e. The van der Waals surface area contributed by atoms with E-state index < -0.39 is 18.0 Å². The highest BCUT2D eigenvalue weighted by Crippen LogP contribution is 2.22. The van der Waals surface area contributed by atoms with Crippen molar-refractivity contribution in [3.05, 3.63) is 87.1 Å². The molecule has 0 spiro atoms. The van der Waals surface area contributed by atoms with Crippen LogP contribution in [-0.4, -0.2) is 23.8 Å². The zero-order valence-corrected chi connectivity index (χ0v) is 16.4. The van der Waals surface area contributed by atoms with Crippen LogP contribution in [0.5, 0.6) is 0 Å². The number of hydrogen-bond acceptors (Lipinski definition) is 5. The molecule has 0 saturated carbocycles. The van der Waals surface area contributed by atoms with Gasteiger partial charge in [0.2, 0.25) is 5.78 Å². The second kappa shape index (κ2) is 8.82. The Morgan fingerprint density at radius 1 is 0.964 bits per heavy atom. The van der Waals surface area contributed by atoms with Crippen LogP contribution in [0.15, 0.2) is 66.0 Å². The number of carbonyl (C=O) groups excluding carboxylic acids is 3. The lowest BCUT2D eigenvalue weighted by Gasteiger charge is -2.15. The van der Waals surface area contributed by atoms with Gasteiger partial charge in [-0.3, -0.25) is 9.59 Å². The molecule has 142 valence electrons. The van der Waals surface area contributed by atoms with Crippen LogP contribution in [0.25, 0.3) is 0 Å². The molecule has 28 heavy (non-hydrogen) atoms. The third kappa shape index (κ3) is 4.47. The van der Waals surface area contributed by atoms with Crippen molar-refractivity contribution >= 4 is 46.3 Å². The summed E-state index contributed by atoms with van der Waals surface area (Å²) in [5.74, 6) is -1.54. The number of esters is 1. The maximum absolute atomic E-state index is 12.6. The van der Waals surface area contributed by atoms with Crippen molar-refractivity contribution in [2.75, 3.05) is 5.32 Å². The van der Waals surface area contributed by atoms with E-state index >= 15 is 0 Å². The summed E-state index contributed by atoms with van der Waals surface area (Å²) in [5, 5.41) is 4.78. The average molecular weight is 414 g/mol. The minimum atomic E-state index is -1.08. The number of hydrogen-bond donors (Lipinski definition) is 1. The van der Waals surface area contributed by atoms with E-state index in [9.17, 15) is 14.4 Å². The predicted molar refractivity (Wildman–Crippen MR) is 109 cm³/mol. The maximum Gasteiger partial charge on any atom is 0.339 e. The Bertz CT molecular complexity index is 1020. The van der Waals surface area contributed by atoms with E-state index in [0.717, 1.165) is 0 Å². The van der Waals surface area contributed by atoms with Crippen LogP contribution >= 0.6 is 22.9 Å². The summed E-state index contributed by atoms with van der Waals surface area (Å²) < 4.78 is 5.28. The van der Waals surface area contributed by atoms with Gasteiger partial charge in [0.05, 0.1) is 21.2 Å². The third-order valence-electron chi connectivity index (χ3n) is 3.92. The fourth-order valence-corrected chi connectivity index (χ4v) is 3.33. The van der Waals surface area contributed by atoms with E-state index in [1.807, 2.05) is 0 Å². The molecule has 1 heterocycles. The monoisotopic (exact) mass is 413 g/mol. The van der Waals surface area contributed by atoms with Gasteiger partial charge < -0.3 is 10.1 Å². The van der Waals surface area contributed by atoms with E-state index in [1.54, 1.807) is 60.0 Å². The molecule has 1 N–H and O–H groups in total. The highest BCUT2D eigenvalue weighted by molar-refractivity contribution is 7.12. The first kappa shape index (κ1) is 19.8. The number of carbonyl (C=O) groups is 3. The molecule has 1 amide bonds. The molecule has 1 atom stereocenters. The van der Waals surface area contributed by atoms with Crippen molar-refractivity contribution in [2.45, 2.75) is 13.0 Å². The van der Waals surface area contributed by atoms with Gasteiger partial charge in [-0.1, -0.05) is 48.0 Å². The first-order valence-corrected chi connectivity index (χ1v) is 9.66. The van der Waals surface area contributed by atoms with Crippen LogP contribution in [0, 0.1) is 0 Å². The van der Waals surface area contributed by atoms with Crippen LogP contribution in [0.2, 0.25) is 5.02 Å². The van der Waals surface area contributed by atoms with Crippen LogP contribution in [0.4, 0.5) is 5.69 Å². The zero-order chi connectivity index (χ0) is 20.1. The predicted octanol–water partition coefficient (Wildman–Crippen LogP) is 4.82. The highest BCUT2D eigenvalue weighted by atomic mass is 35.5. The van der Waals surface area contributed by atoms with Crippen molar-refractivity contribution in [2.24, 2.45) is 0 Å². The number of nitrogens with one attached hydrogen (secondary N) is 1. The van der Waals surface area contributed by atoms with Gasteiger partial charge >= 0.3 is 5.97 Å². The van der Waals surface area contributed by atoms with Gasteiger partial charge in [-0.25, -0.2) is 4.79 Å². The van der Waals surface area contributed by atoms with E-state index in [0.29, 0.717) is 15.6 Å². The van der Waals surface area contributed by atoms with Crippen LogP contribution in [0.3, 0.4) is 0 Å². The van der Waals surface area contributed by atoms with Gasteiger partial charge in [-0.15, -0.1) is 11.3 Å². The summed E-state index contributed by atoms with van der Waals surface area (Å²) in [6.07, 6.45) is -1.08. The van der Waals surface area contributed by atoms with Crippen LogP contribution < -0.4 is 5.32 Å². The summed E-state index contributed by atoms with van der Waals surface area (Å²) in [6.45, 7) is 1.45. The van der Waals surface area contributed by atoms with Gasteiger partial charge in [0.1, 0.15) is 0 Å². The summed E-state index contributed by atoms with van der Waals surface area (Å²) in [6, 6.07) is 16.6. The molecule has 0 saturated heterocycles. The fourth-order valence-electron chi connectivity index (χ4n) is 2.47. The highest BCUT2D eigenvalue weighted by Gasteiger charge is 2.24. The summed E-state index contributed by atoms with van der Waals surface area (Å²) in [7, 11) is 0. The zero-order valence-electron chi connectivity index (χ0n) is 14.8. The molecule has 0 aliphatic rings. The van der Waals surface area contributed by atoms with Gasteiger partial charge in [0, 0.05) is 5.56 Å². The summed E-state index contributed by atoms with van der Waals surface area (Å²) in [5.41, 5.74) is 0.761. The molecule has 3 rings (SSSR count). The Morgan fingerprint density at radius 3 is 2.32 bits per heavy atom. The number of amides is 1. The molecule has 2 aromatic carbocycles. The molecule has 0 fully saturated rings. The molecule has 0 bridgehead atoms. The van der Waals surface area contributed by atoms with Crippen molar-refractivity contribution in [3.63, 3.8) is 0 Å². The number of thiophene rings is 1. The number of para-hydroxylation sites is 1. The van der Waals surface area contributed by atoms with Crippen molar-refractivity contribution in [1.82, 2.24) is 0 Å². The lowest BCUT2D eigenvalue weighted by molar-refractivity contribution is -0.123. The number of anilines is 1. The van der Waals surface area contributed by atoms with Crippen molar-refractivity contribution < 1.29 is 19.1 Å². The first-order chi connectivity index (χ1) is 13.5. The van der Waals surface area contributed by atoms with Gasteiger partial charge in [-0.05, 0) is 36.6 Å². The molecular formula is C21H16ClNO4S. The van der Waals surface area contributed by atoms with E-state index in [1.165, 1.54) is 24.3 Å². The van der Waals surface area contributed by atoms with E-state index in [4.69, 9.17) is 16.3 Å². The van der Waals surface area contributed by atoms with Gasteiger partial charge in [0.25, 0.3) is 5.91 Å². The number of halogens is 1. The third-order valence-corrected chi connectivity index (χ3v) is 5.12. The second-order valence-corrected chi connectivity index (χ2v) is 7.22. The van der Waals surface area contributed by atoms with Crippen LogP contribution in [-0.2, 0) is 9.53 Å². The second-order valence-electron chi connectivity index (χ2n) is 5.87. The normalized spacial score (nSPS) is 11.5. The quantitative estimate of drug-likeness (QED) is 0.464. The minimum Gasteiger partial charge on any atom is -0.449 e. The van der Waals surface area contributed by atoms with Crippen molar-refractivity contribution in [1.29, 1.82) is 0 Å². The minimum absolute atomic E-state index is 0.110. The molecular weight excluding hydrogens is 398 g/mol. The summed E-state index contributed by atoms with van der Waals surface area (Å²) >= 11 is 7.31. The molecule has 3 aromatic rings. The van der Waals surface area contributed by atoms with Gasteiger partial charge in [-0.2, -0.15) is 0 Å². The average Bonchev–Trinajstić information content (AvgIpc) is 3.24. The Morgan fingerprint density at radius 2 is 1.64 bits per heavy atom. The molecule has 0 aliphatic carbocycles. The first-order valence-electron chi connectivity index (χ1n) is 8.41. The van der Waals surface area contributed by atoms with Gasteiger partial charge in [0.15, 0.2) is 6.10 Å². The summed E-state index contributed by atoms with van der Waals surface area (Å²) in [4.78, 5) is 38.1. The van der Waals surface area contributed by atoms with E-state index in [-0.39, 0.29) is 16.9 Å². The number of ether oxygens (including phenoxy) is 1. The Balaban J connectivity index is 1.73. The van der Waals surface area contributed by atoms with Crippen molar-refractivity contribution in [3.8, 4) is 0 Å². The Hall–Kier alpha value is -2.96. The topological polar surface area (TPSA) is 72.5 Å². The number of ketones is 1. The number of benzene rings is 2. The lowest BCUT2D eigenvalue weighted by Crippen LogP contribution is -2.30. The Labute approximate surface area is 170 Å². The number of rotatable bonds is 6. The molecule has 0 radical (unpaired) electrons. The molecule has 7 heteroatoms. The molecule has 1 aromatic heterocycles. The molecule has 0 unspecified atom stereocenters.